The number of thiazole rings is 1. The predicted molar refractivity (Wildman–Crippen MR) is 85.3 cm³/mol. The van der Waals surface area contributed by atoms with Gasteiger partial charge in [-0.05, 0) is 30.6 Å². The minimum atomic E-state index is -0.0639. The number of nitrogens with one attached hydrogen (secondary N) is 1. The molecular weight excluding hydrogens is 294 g/mol. The summed E-state index contributed by atoms with van der Waals surface area (Å²) >= 11 is 1.44. The lowest BCUT2D eigenvalue weighted by molar-refractivity contribution is 0.0777. The Kier molecular flexibility index (Phi) is 6.43. The van der Waals surface area contributed by atoms with Crippen LogP contribution in [-0.4, -0.2) is 17.4 Å². The minimum Gasteiger partial charge on any atom is -0.350 e. The van der Waals surface area contributed by atoms with Crippen LogP contribution < -0.4 is 11.1 Å². The summed E-state index contributed by atoms with van der Waals surface area (Å²) in [6, 6.07) is 0. The number of amides is 1. The molecule has 1 fully saturated rings. The van der Waals surface area contributed by atoms with E-state index in [2.05, 4.69) is 24.1 Å². The van der Waals surface area contributed by atoms with E-state index in [9.17, 15) is 4.79 Å². The lowest BCUT2D eigenvalue weighted by Crippen LogP contribution is -2.43. The lowest BCUT2D eigenvalue weighted by Gasteiger charge is -2.43. The van der Waals surface area contributed by atoms with Crippen molar-refractivity contribution in [2.75, 3.05) is 6.54 Å². The molecule has 114 valence electrons. The molecule has 0 bridgehead atoms. The fourth-order valence-corrected chi connectivity index (χ4v) is 3.52. The predicted octanol–water partition coefficient (Wildman–Crippen LogP) is 2.97. The van der Waals surface area contributed by atoms with Crippen LogP contribution in [-0.2, 0) is 6.54 Å². The molecule has 1 aromatic rings. The monoisotopic (exact) mass is 317 g/mol. The molecule has 1 aliphatic rings. The largest absolute Gasteiger partial charge is 0.350 e. The number of carbonyl (C=O) groups is 1. The van der Waals surface area contributed by atoms with Gasteiger partial charge in [0.1, 0.15) is 10.7 Å². The second-order valence-electron chi connectivity index (χ2n) is 5.96. The minimum absolute atomic E-state index is 0. The molecule has 6 heteroatoms. The zero-order chi connectivity index (χ0) is 13.9. The topological polar surface area (TPSA) is 68.0 Å². The Morgan fingerprint density at radius 1 is 1.55 bits per heavy atom. The molecule has 4 nitrogen and oxygen atoms in total. The van der Waals surface area contributed by atoms with E-state index in [0.29, 0.717) is 23.6 Å². The van der Waals surface area contributed by atoms with Crippen LogP contribution in [0.5, 0.6) is 0 Å². The van der Waals surface area contributed by atoms with Gasteiger partial charge in [-0.1, -0.05) is 20.3 Å². The first kappa shape index (κ1) is 17.4. The molecular formula is C14H24ClN3OS. The molecule has 0 atom stereocenters. The van der Waals surface area contributed by atoms with E-state index < -0.39 is 0 Å². The van der Waals surface area contributed by atoms with Gasteiger partial charge in [0.05, 0.1) is 0 Å². The smallest absolute Gasteiger partial charge is 0.270 e. The van der Waals surface area contributed by atoms with Crippen molar-refractivity contribution in [1.29, 1.82) is 0 Å². The SMILES string of the molecule is CC(C)CC1(CNC(=O)c2csc(CN)n2)CCC1.Cl. The van der Waals surface area contributed by atoms with Crippen molar-refractivity contribution in [3.05, 3.63) is 16.1 Å². The van der Waals surface area contributed by atoms with Gasteiger partial charge >= 0.3 is 0 Å². The average Bonchev–Trinajstić information content (AvgIpc) is 2.80. The highest BCUT2D eigenvalue weighted by Crippen LogP contribution is 2.45. The number of halogens is 1. The maximum absolute atomic E-state index is 12.0. The molecule has 20 heavy (non-hydrogen) atoms. The summed E-state index contributed by atoms with van der Waals surface area (Å²) in [5.41, 5.74) is 6.34. The number of aromatic nitrogens is 1. The summed E-state index contributed by atoms with van der Waals surface area (Å²) < 4.78 is 0. The first-order valence-corrected chi connectivity index (χ1v) is 7.85. The van der Waals surface area contributed by atoms with Crippen LogP contribution in [0, 0.1) is 11.3 Å². The quantitative estimate of drug-likeness (QED) is 0.847. The summed E-state index contributed by atoms with van der Waals surface area (Å²) in [6.45, 7) is 5.67. The molecule has 0 saturated heterocycles. The normalized spacial score (nSPS) is 16.4. The van der Waals surface area contributed by atoms with Crippen LogP contribution in [0.4, 0.5) is 0 Å². The molecule has 3 N–H and O–H groups in total. The summed E-state index contributed by atoms with van der Waals surface area (Å²) in [5.74, 6) is 0.617. The number of nitrogens with two attached hydrogens (primary N) is 1. The van der Waals surface area contributed by atoms with Gasteiger partial charge in [0, 0.05) is 18.5 Å². The van der Waals surface area contributed by atoms with Gasteiger partial charge in [-0.15, -0.1) is 23.7 Å². The Hall–Kier alpha value is -0.650. The first-order chi connectivity index (χ1) is 9.04. The Balaban J connectivity index is 0.00000200. The van der Waals surface area contributed by atoms with Gasteiger partial charge in [0.25, 0.3) is 5.91 Å². The Labute approximate surface area is 131 Å². The summed E-state index contributed by atoms with van der Waals surface area (Å²) in [5, 5.41) is 5.64. The molecule has 1 aliphatic carbocycles. The van der Waals surface area contributed by atoms with Crippen LogP contribution in [0.25, 0.3) is 0 Å². The van der Waals surface area contributed by atoms with E-state index in [1.54, 1.807) is 5.38 Å². The highest BCUT2D eigenvalue weighted by Gasteiger charge is 2.37. The van der Waals surface area contributed by atoms with Crippen molar-refractivity contribution in [2.45, 2.75) is 46.1 Å². The van der Waals surface area contributed by atoms with E-state index in [0.717, 1.165) is 11.6 Å². The highest BCUT2D eigenvalue weighted by molar-refractivity contribution is 7.09. The van der Waals surface area contributed by atoms with Crippen LogP contribution in [0.3, 0.4) is 0 Å². The molecule has 1 saturated carbocycles. The van der Waals surface area contributed by atoms with Crippen molar-refractivity contribution in [1.82, 2.24) is 10.3 Å². The zero-order valence-corrected chi connectivity index (χ0v) is 13.8. The average molecular weight is 318 g/mol. The highest BCUT2D eigenvalue weighted by atomic mass is 35.5. The first-order valence-electron chi connectivity index (χ1n) is 6.97. The summed E-state index contributed by atoms with van der Waals surface area (Å²) in [6.07, 6.45) is 4.95. The second kappa shape index (κ2) is 7.38. The van der Waals surface area contributed by atoms with Crippen molar-refractivity contribution in [3.8, 4) is 0 Å². The number of hydrogen-bond acceptors (Lipinski definition) is 4. The number of hydrogen-bond donors (Lipinski definition) is 2. The van der Waals surface area contributed by atoms with Gasteiger partial charge in [0.15, 0.2) is 0 Å². The van der Waals surface area contributed by atoms with Gasteiger partial charge in [-0.25, -0.2) is 4.98 Å². The number of nitrogens with zero attached hydrogens (tertiary/aromatic N) is 1. The van der Waals surface area contributed by atoms with Crippen LogP contribution >= 0.6 is 23.7 Å². The van der Waals surface area contributed by atoms with Gasteiger partial charge in [-0.2, -0.15) is 0 Å². The molecule has 0 unspecified atom stereocenters. The number of rotatable bonds is 6. The molecule has 0 radical (unpaired) electrons. The lowest BCUT2D eigenvalue weighted by atomic mass is 9.64. The maximum Gasteiger partial charge on any atom is 0.270 e. The molecule has 0 spiro atoms. The fraction of sp³-hybridized carbons (Fsp3) is 0.714. The molecule has 2 rings (SSSR count). The fourth-order valence-electron chi connectivity index (χ4n) is 2.86. The standard InChI is InChI=1S/C14H23N3OS.ClH/c1-10(2)6-14(4-3-5-14)9-16-13(18)11-8-19-12(7-15)17-11;/h8,10H,3-7,9,15H2,1-2H3,(H,16,18);1H. The maximum atomic E-state index is 12.0. The van der Waals surface area contributed by atoms with Gasteiger partial charge in [0.2, 0.25) is 0 Å². The molecule has 1 amide bonds. The third kappa shape index (κ3) is 4.17. The van der Waals surface area contributed by atoms with Crippen molar-refractivity contribution < 1.29 is 4.79 Å². The molecule has 0 aliphatic heterocycles. The van der Waals surface area contributed by atoms with E-state index in [-0.39, 0.29) is 18.3 Å². The second-order valence-corrected chi connectivity index (χ2v) is 6.91. The molecule has 1 heterocycles. The Morgan fingerprint density at radius 3 is 2.70 bits per heavy atom. The number of carbonyl (C=O) groups excluding carboxylic acids is 1. The third-order valence-corrected chi connectivity index (χ3v) is 4.71. The van der Waals surface area contributed by atoms with Crippen LogP contribution in [0.1, 0.15) is 55.0 Å². The zero-order valence-electron chi connectivity index (χ0n) is 12.1. The van der Waals surface area contributed by atoms with E-state index in [4.69, 9.17) is 5.73 Å². The summed E-state index contributed by atoms with van der Waals surface area (Å²) in [4.78, 5) is 16.3. The van der Waals surface area contributed by atoms with Crippen molar-refractivity contribution in [3.63, 3.8) is 0 Å². The van der Waals surface area contributed by atoms with Gasteiger partial charge < -0.3 is 11.1 Å². The van der Waals surface area contributed by atoms with Crippen molar-refractivity contribution >= 4 is 29.7 Å². The van der Waals surface area contributed by atoms with E-state index in [1.165, 1.54) is 37.0 Å². The van der Waals surface area contributed by atoms with E-state index in [1.807, 2.05) is 0 Å². The molecule has 0 aromatic carbocycles. The molecule has 1 aromatic heterocycles. The Bertz CT molecular complexity index is 443. The Morgan fingerprint density at radius 2 is 2.25 bits per heavy atom. The summed E-state index contributed by atoms with van der Waals surface area (Å²) in [7, 11) is 0. The third-order valence-electron chi connectivity index (χ3n) is 3.84. The van der Waals surface area contributed by atoms with Crippen molar-refractivity contribution in [2.24, 2.45) is 17.1 Å². The van der Waals surface area contributed by atoms with Gasteiger partial charge in [-0.3, -0.25) is 4.79 Å². The van der Waals surface area contributed by atoms with Crippen LogP contribution in [0.2, 0.25) is 0 Å². The van der Waals surface area contributed by atoms with Crippen LogP contribution in [0.15, 0.2) is 5.38 Å². The van der Waals surface area contributed by atoms with E-state index >= 15 is 0 Å².